The third-order valence-electron chi connectivity index (χ3n) is 10.7. The summed E-state index contributed by atoms with van der Waals surface area (Å²) in [4.78, 5) is 13.6. The van der Waals surface area contributed by atoms with E-state index >= 15 is 0 Å². The van der Waals surface area contributed by atoms with Gasteiger partial charge in [0.15, 0.2) is 0 Å². The highest BCUT2D eigenvalue weighted by atomic mass is 16.1. The summed E-state index contributed by atoms with van der Waals surface area (Å²) in [5, 5.41) is 0. The lowest BCUT2D eigenvalue weighted by Crippen LogP contribution is -2.59. The van der Waals surface area contributed by atoms with Gasteiger partial charge in [0.2, 0.25) is 0 Å². The molecule has 4 aliphatic carbocycles. The van der Waals surface area contributed by atoms with E-state index in [1.165, 1.54) is 135 Å². The van der Waals surface area contributed by atoms with Crippen molar-refractivity contribution in [3.05, 3.63) is 0 Å². The summed E-state index contributed by atoms with van der Waals surface area (Å²) in [6.45, 7) is 4.64. The van der Waals surface area contributed by atoms with E-state index in [0.717, 1.165) is 29.5 Å². The number of unbranched alkanes of at least 4 members (excludes halogenated alkanes) is 4. The van der Waals surface area contributed by atoms with Gasteiger partial charge in [-0.1, -0.05) is 78.1 Å². The maximum absolute atomic E-state index is 13.6. The van der Waals surface area contributed by atoms with Crippen LogP contribution in [0.4, 0.5) is 0 Å². The molecule has 31 heavy (non-hydrogen) atoms. The van der Waals surface area contributed by atoms with Gasteiger partial charge in [-0.15, -0.1) is 0 Å². The van der Waals surface area contributed by atoms with Crippen molar-refractivity contribution in [1.82, 2.24) is 0 Å². The maximum atomic E-state index is 13.6. The first kappa shape index (κ1) is 23.8. The highest BCUT2D eigenvalue weighted by Crippen LogP contribution is 2.64. The maximum Gasteiger partial charge on any atom is 0.145 e. The average Bonchev–Trinajstić information content (AvgIpc) is 2.81. The van der Waals surface area contributed by atoms with Gasteiger partial charge >= 0.3 is 0 Å². The van der Waals surface area contributed by atoms with Crippen LogP contribution in [-0.4, -0.2) is 5.78 Å². The topological polar surface area (TPSA) is 17.1 Å². The van der Waals surface area contributed by atoms with Gasteiger partial charge < -0.3 is 0 Å². The van der Waals surface area contributed by atoms with Crippen molar-refractivity contribution >= 4 is 5.78 Å². The Morgan fingerprint density at radius 1 is 0.613 bits per heavy atom. The lowest BCUT2D eigenvalue weighted by molar-refractivity contribution is -0.169. The first-order valence-electron chi connectivity index (χ1n) is 14.7. The lowest BCUT2D eigenvalue weighted by atomic mass is 9.42. The van der Waals surface area contributed by atoms with Gasteiger partial charge in [0.25, 0.3) is 0 Å². The van der Waals surface area contributed by atoms with Crippen molar-refractivity contribution in [3.63, 3.8) is 0 Å². The van der Waals surface area contributed by atoms with Crippen LogP contribution in [-0.2, 0) is 4.79 Å². The molecule has 4 saturated carbocycles. The second-order valence-electron chi connectivity index (χ2n) is 12.6. The molecule has 4 rings (SSSR count). The number of rotatable bonds is 9. The molecule has 0 aromatic heterocycles. The van der Waals surface area contributed by atoms with Crippen molar-refractivity contribution in [2.24, 2.45) is 34.5 Å². The Morgan fingerprint density at radius 2 is 1.16 bits per heavy atom. The zero-order chi connectivity index (χ0) is 21.7. The molecule has 1 heteroatoms. The van der Waals surface area contributed by atoms with E-state index in [1.807, 2.05) is 0 Å². The molecular formula is C30H52O. The van der Waals surface area contributed by atoms with Crippen LogP contribution in [0.15, 0.2) is 0 Å². The quantitative estimate of drug-likeness (QED) is 0.334. The largest absolute Gasteiger partial charge is 0.298 e. The third kappa shape index (κ3) is 5.27. The minimum Gasteiger partial charge on any atom is -0.298 e. The molecule has 4 fully saturated rings. The predicted molar refractivity (Wildman–Crippen MR) is 132 cm³/mol. The predicted octanol–water partition coefficient (Wildman–Crippen LogP) is 9.28. The Bertz CT molecular complexity index is 553. The molecule has 178 valence electrons. The van der Waals surface area contributed by atoms with Crippen LogP contribution < -0.4 is 0 Å². The molecule has 0 radical (unpaired) electrons. The average molecular weight is 429 g/mol. The zero-order valence-electron chi connectivity index (χ0n) is 21.1. The fourth-order valence-electron chi connectivity index (χ4n) is 8.65. The van der Waals surface area contributed by atoms with Crippen LogP contribution in [0.3, 0.4) is 0 Å². The van der Waals surface area contributed by atoms with Gasteiger partial charge in [-0.3, -0.25) is 4.79 Å². The summed E-state index contributed by atoms with van der Waals surface area (Å²) in [7, 11) is 0. The van der Waals surface area contributed by atoms with Crippen LogP contribution in [0.2, 0.25) is 0 Å². The second-order valence-corrected chi connectivity index (χ2v) is 12.6. The van der Waals surface area contributed by atoms with E-state index in [4.69, 9.17) is 0 Å². The number of ketones is 1. The van der Waals surface area contributed by atoms with Crippen molar-refractivity contribution in [3.8, 4) is 0 Å². The van der Waals surface area contributed by atoms with Crippen LogP contribution in [0.25, 0.3) is 0 Å². The van der Waals surface area contributed by atoms with Crippen LogP contribution >= 0.6 is 0 Å². The summed E-state index contributed by atoms with van der Waals surface area (Å²) < 4.78 is 0. The minimum atomic E-state index is 0.142. The molecule has 0 bridgehead atoms. The van der Waals surface area contributed by atoms with E-state index in [2.05, 4.69) is 13.8 Å². The Labute approximate surface area is 193 Å². The molecule has 4 aliphatic rings. The molecule has 1 nitrogen and oxygen atoms in total. The van der Waals surface area contributed by atoms with E-state index in [0.29, 0.717) is 0 Å². The molecule has 0 heterocycles. The molecule has 0 aliphatic heterocycles. The first-order chi connectivity index (χ1) is 15.1. The van der Waals surface area contributed by atoms with Crippen molar-refractivity contribution in [1.29, 1.82) is 0 Å². The third-order valence-corrected chi connectivity index (χ3v) is 10.7. The van der Waals surface area contributed by atoms with Crippen LogP contribution in [0, 0.1) is 34.5 Å². The summed E-state index contributed by atoms with van der Waals surface area (Å²) in [6.07, 6.45) is 28.9. The second kappa shape index (κ2) is 10.7. The van der Waals surface area contributed by atoms with Gasteiger partial charge in [-0.25, -0.2) is 0 Å². The molecule has 0 N–H and O–H groups in total. The minimum absolute atomic E-state index is 0.142. The SMILES string of the molecule is CCCCCCCC1CCC2(CC1)CC1(CCC(C3CCC(CCC)CC3)CC1)C2=O. The fourth-order valence-corrected chi connectivity index (χ4v) is 8.65. The highest BCUT2D eigenvalue weighted by molar-refractivity contribution is 5.96. The van der Waals surface area contributed by atoms with Crippen LogP contribution in [0.5, 0.6) is 0 Å². The molecule has 0 aromatic rings. The molecule has 2 spiro atoms. The molecule has 0 amide bonds. The highest BCUT2D eigenvalue weighted by Gasteiger charge is 2.63. The Balaban J connectivity index is 1.17. The molecule has 0 aromatic carbocycles. The summed E-state index contributed by atoms with van der Waals surface area (Å²) in [5.74, 6) is 4.63. The van der Waals surface area contributed by atoms with Gasteiger partial charge in [-0.2, -0.15) is 0 Å². The van der Waals surface area contributed by atoms with Crippen molar-refractivity contribution in [2.75, 3.05) is 0 Å². The Hall–Kier alpha value is -0.330. The monoisotopic (exact) mass is 428 g/mol. The zero-order valence-corrected chi connectivity index (χ0v) is 21.1. The molecule has 0 atom stereocenters. The number of hydrogen-bond donors (Lipinski definition) is 0. The van der Waals surface area contributed by atoms with E-state index in [-0.39, 0.29) is 10.8 Å². The Kier molecular flexibility index (Phi) is 8.24. The van der Waals surface area contributed by atoms with Crippen molar-refractivity contribution < 1.29 is 4.79 Å². The summed E-state index contributed by atoms with van der Waals surface area (Å²) in [6, 6.07) is 0. The van der Waals surface area contributed by atoms with Gasteiger partial charge in [0, 0.05) is 10.8 Å². The molecular weight excluding hydrogens is 376 g/mol. The van der Waals surface area contributed by atoms with Gasteiger partial charge in [0.05, 0.1) is 0 Å². The molecule has 0 unspecified atom stereocenters. The number of carbonyl (C=O) groups excluding carboxylic acids is 1. The van der Waals surface area contributed by atoms with Gasteiger partial charge in [-0.05, 0) is 94.3 Å². The number of hydrogen-bond acceptors (Lipinski definition) is 1. The standard InChI is InChI=1S/C30H52O/c1-3-5-6-7-8-10-25-15-19-29(20-16-25)23-30(28(29)31)21-17-27(18-22-30)26-13-11-24(9-4-2)12-14-26/h24-27H,3-23H2,1-2H3. The number of Topliss-reactive ketones (excluding diaryl/α,β-unsaturated/α-hetero) is 1. The van der Waals surface area contributed by atoms with E-state index in [9.17, 15) is 4.79 Å². The first-order valence-corrected chi connectivity index (χ1v) is 14.7. The fraction of sp³-hybridized carbons (Fsp3) is 0.967. The Morgan fingerprint density at radius 3 is 1.74 bits per heavy atom. The lowest BCUT2D eigenvalue weighted by Gasteiger charge is -2.59. The normalized spacial score (nSPS) is 40.9. The van der Waals surface area contributed by atoms with Crippen LogP contribution in [0.1, 0.15) is 149 Å². The van der Waals surface area contributed by atoms with E-state index < -0.39 is 0 Å². The van der Waals surface area contributed by atoms with E-state index in [1.54, 1.807) is 0 Å². The molecule has 0 saturated heterocycles. The summed E-state index contributed by atoms with van der Waals surface area (Å²) >= 11 is 0. The van der Waals surface area contributed by atoms with Gasteiger partial charge in [0.1, 0.15) is 5.78 Å². The van der Waals surface area contributed by atoms with Crippen molar-refractivity contribution in [2.45, 2.75) is 149 Å². The summed E-state index contributed by atoms with van der Waals surface area (Å²) in [5.41, 5.74) is 0.284. The number of carbonyl (C=O) groups is 1. The smallest absolute Gasteiger partial charge is 0.145 e.